The van der Waals surface area contributed by atoms with Crippen LogP contribution in [0.25, 0.3) is 0 Å². The van der Waals surface area contributed by atoms with Crippen LogP contribution in [0.1, 0.15) is 56.9 Å². The highest BCUT2D eigenvalue weighted by atomic mass is 32.1. The zero-order valence-electron chi connectivity index (χ0n) is 17.0. The molecule has 2 heterocycles. The third-order valence-electron chi connectivity index (χ3n) is 4.24. The summed E-state index contributed by atoms with van der Waals surface area (Å²) in [6, 6.07) is 9.80. The van der Waals surface area contributed by atoms with Crippen LogP contribution >= 0.6 is 11.3 Å². The lowest BCUT2D eigenvalue weighted by atomic mass is 10.2. The Hall–Kier alpha value is -2.25. The topological polar surface area (TPSA) is 64.0 Å². The van der Waals surface area contributed by atoms with Crippen LogP contribution in [-0.4, -0.2) is 40.1 Å². The molecule has 6 nitrogen and oxygen atoms in total. The van der Waals surface area contributed by atoms with Gasteiger partial charge in [0.2, 0.25) is 0 Å². The summed E-state index contributed by atoms with van der Waals surface area (Å²) in [6.45, 7) is 10.3. The number of nitrogens with zero attached hydrogens (tertiary/aromatic N) is 3. The summed E-state index contributed by atoms with van der Waals surface area (Å²) in [6.07, 6.45) is 1.38. The van der Waals surface area contributed by atoms with Gasteiger partial charge in [0.05, 0.1) is 18.8 Å². The minimum absolute atomic E-state index is 0.272. The van der Waals surface area contributed by atoms with Crippen LogP contribution in [0.4, 0.5) is 4.79 Å². The van der Waals surface area contributed by atoms with Gasteiger partial charge >= 0.3 is 6.09 Å². The lowest BCUT2D eigenvalue weighted by molar-refractivity contribution is -0.0626. The van der Waals surface area contributed by atoms with E-state index in [0.29, 0.717) is 13.2 Å². The Labute approximate surface area is 170 Å². The lowest BCUT2D eigenvalue weighted by Gasteiger charge is -2.34. The number of thiazole rings is 1. The fourth-order valence-corrected chi connectivity index (χ4v) is 3.83. The van der Waals surface area contributed by atoms with Crippen LogP contribution < -0.4 is 0 Å². The van der Waals surface area contributed by atoms with E-state index in [1.807, 2.05) is 70.3 Å². The second-order valence-corrected chi connectivity index (χ2v) is 9.08. The predicted molar refractivity (Wildman–Crippen MR) is 111 cm³/mol. The summed E-state index contributed by atoms with van der Waals surface area (Å²) in [7, 11) is 0. The molecule has 0 bridgehead atoms. The first-order chi connectivity index (χ1) is 13.2. The maximum absolute atomic E-state index is 12.8. The number of benzene rings is 1. The standard InChI is InChI=1S/C21H27N3O3S/c1-20(2,3)27-19(25)24-17(13-26-21(24,4)5)18-23-16(14-28-18)12-22-11-15-9-7-6-8-10-15/h6-10,12,14,17H,11,13H2,1-5H3/t17-/m1/s1. The van der Waals surface area contributed by atoms with Gasteiger partial charge in [0.25, 0.3) is 0 Å². The molecule has 150 valence electrons. The highest BCUT2D eigenvalue weighted by molar-refractivity contribution is 7.09. The predicted octanol–water partition coefficient (Wildman–Crippen LogP) is 4.81. The number of hydrogen-bond acceptors (Lipinski definition) is 6. The van der Waals surface area contributed by atoms with Crippen molar-refractivity contribution in [2.45, 2.75) is 58.5 Å². The van der Waals surface area contributed by atoms with E-state index in [1.54, 1.807) is 11.1 Å². The normalized spacial score (nSPS) is 19.3. The van der Waals surface area contributed by atoms with E-state index in [-0.39, 0.29) is 6.04 Å². The number of carbonyl (C=O) groups is 1. The van der Waals surface area contributed by atoms with Crippen molar-refractivity contribution < 1.29 is 14.3 Å². The van der Waals surface area contributed by atoms with Crippen LogP contribution in [0.3, 0.4) is 0 Å². The fraction of sp³-hybridized carbons (Fsp3) is 0.476. The van der Waals surface area contributed by atoms with Crippen LogP contribution in [0.5, 0.6) is 0 Å². The van der Waals surface area contributed by atoms with Gasteiger partial charge in [0.1, 0.15) is 22.4 Å². The molecule has 0 spiro atoms. The molecule has 0 unspecified atom stereocenters. The van der Waals surface area contributed by atoms with Gasteiger partial charge in [0, 0.05) is 11.6 Å². The van der Waals surface area contributed by atoms with Crippen LogP contribution in [0.15, 0.2) is 40.7 Å². The smallest absolute Gasteiger partial charge is 0.413 e. The first kappa shape index (κ1) is 20.5. The molecular formula is C21H27N3O3S. The maximum Gasteiger partial charge on any atom is 0.413 e. The summed E-state index contributed by atoms with van der Waals surface area (Å²) in [5, 5.41) is 2.76. The van der Waals surface area contributed by atoms with Crippen molar-refractivity contribution in [3.05, 3.63) is 52.0 Å². The average molecular weight is 402 g/mol. The van der Waals surface area contributed by atoms with Crippen molar-refractivity contribution in [2.75, 3.05) is 6.61 Å². The first-order valence-corrected chi connectivity index (χ1v) is 10.2. The Kier molecular flexibility index (Phi) is 5.86. The molecule has 0 saturated carbocycles. The second kappa shape index (κ2) is 8.01. The van der Waals surface area contributed by atoms with E-state index in [1.165, 1.54) is 11.3 Å². The van der Waals surface area contributed by atoms with Crippen LogP contribution in [0.2, 0.25) is 0 Å². The molecule has 1 aliphatic rings. The molecule has 1 saturated heterocycles. The van der Waals surface area contributed by atoms with Crippen molar-refractivity contribution in [3.63, 3.8) is 0 Å². The van der Waals surface area contributed by atoms with Crippen molar-refractivity contribution >= 4 is 23.6 Å². The molecule has 1 aromatic carbocycles. The van der Waals surface area contributed by atoms with E-state index in [2.05, 4.69) is 9.98 Å². The Morgan fingerprint density at radius 1 is 1.39 bits per heavy atom. The van der Waals surface area contributed by atoms with Crippen molar-refractivity contribution in [1.29, 1.82) is 0 Å². The third-order valence-corrected chi connectivity index (χ3v) is 5.21. The second-order valence-electron chi connectivity index (χ2n) is 8.19. The van der Waals surface area contributed by atoms with E-state index < -0.39 is 17.4 Å². The van der Waals surface area contributed by atoms with Gasteiger partial charge in [-0.2, -0.15) is 0 Å². The SMILES string of the molecule is CC(C)(C)OC(=O)N1[C@@H](c2nc(C=NCc3ccccc3)cs2)COC1(C)C. The van der Waals surface area contributed by atoms with Crippen molar-refractivity contribution in [1.82, 2.24) is 9.88 Å². The molecule has 0 aliphatic carbocycles. The Balaban J connectivity index is 1.72. The van der Waals surface area contributed by atoms with E-state index in [4.69, 9.17) is 9.47 Å². The Morgan fingerprint density at radius 3 is 2.79 bits per heavy atom. The number of rotatable bonds is 4. The lowest BCUT2D eigenvalue weighted by Crippen LogP contribution is -2.47. The van der Waals surface area contributed by atoms with Gasteiger partial charge in [-0.15, -0.1) is 11.3 Å². The molecule has 2 aromatic rings. The monoisotopic (exact) mass is 401 g/mol. The number of ether oxygens (including phenoxy) is 2. The van der Waals surface area contributed by atoms with Gasteiger partial charge in [0.15, 0.2) is 0 Å². The van der Waals surface area contributed by atoms with Gasteiger partial charge in [-0.25, -0.2) is 9.78 Å². The molecule has 0 N–H and O–H groups in total. The number of hydrogen-bond donors (Lipinski definition) is 0. The minimum Gasteiger partial charge on any atom is -0.444 e. The Bertz CT molecular complexity index is 840. The molecule has 1 atom stereocenters. The average Bonchev–Trinajstić information content (AvgIpc) is 3.18. The molecule has 28 heavy (non-hydrogen) atoms. The summed E-state index contributed by atoms with van der Waals surface area (Å²) >= 11 is 1.50. The van der Waals surface area contributed by atoms with E-state index in [9.17, 15) is 4.79 Å². The zero-order chi connectivity index (χ0) is 20.4. The highest BCUT2D eigenvalue weighted by Crippen LogP contribution is 2.38. The van der Waals surface area contributed by atoms with Gasteiger partial charge in [-0.3, -0.25) is 9.89 Å². The summed E-state index contributed by atoms with van der Waals surface area (Å²) in [5.74, 6) is 0. The van der Waals surface area contributed by atoms with E-state index in [0.717, 1.165) is 16.3 Å². The van der Waals surface area contributed by atoms with Gasteiger partial charge in [-0.05, 0) is 40.2 Å². The maximum atomic E-state index is 12.8. The zero-order valence-corrected chi connectivity index (χ0v) is 17.8. The summed E-state index contributed by atoms with van der Waals surface area (Å²) < 4.78 is 11.4. The molecule has 1 aliphatic heterocycles. The molecule has 1 amide bonds. The highest BCUT2D eigenvalue weighted by Gasteiger charge is 2.47. The van der Waals surface area contributed by atoms with E-state index >= 15 is 0 Å². The number of aliphatic imine (C=N–C) groups is 1. The number of carbonyl (C=O) groups excluding carboxylic acids is 1. The molecule has 1 fully saturated rings. The first-order valence-electron chi connectivity index (χ1n) is 9.31. The largest absolute Gasteiger partial charge is 0.444 e. The molecule has 7 heteroatoms. The minimum atomic E-state index is -0.750. The van der Waals surface area contributed by atoms with Crippen LogP contribution in [-0.2, 0) is 16.0 Å². The molecular weight excluding hydrogens is 374 g/mol. The van der Waals surface area contributed by atoms with Gasteiger partial charge < -0.3 is 9.47 Å². The Morgan fingerprint density at radius 2 is 2.11 bits per heavy atom. The molecule has 0 radical (unpaired) electrons. The number of aromatic nitrogens is 1. The fourth-order valence-electron chi connectivity index (χ4n) is 2.98. The molecule has 1 aromatic heterocycles. The quantitative estimate of drug-likeness (QED) is 0.690. The van der Waals surface area contributed by atoms with Crippen LogP contribution in [0, 0.1) is 0 Å². The summed E-state index contributed by atoms with van der Waals surface area (Å²) in [5.41, 5.74) is 0.611. The molecule has 3 rings (SSSR count). The summed E-state index contributed by atoms with van der Waals surface area (Å²) in [4.78, 5) is 23.5. The number of amides is 1. The third kappa shape index (κ3) is 4.97. The van der Waals surface area contributed by atoms with Gasteiger partial charge in [-0.1, -0.05) is 30.3 Å². The van der Waals surface area contributed by atoms with Crippen molar-refractivity contribution in [3.8, 4) is 0 Å². The van der Waals surface area contributed by atoms with Crippen molar-refractivity contribution in [2.24, 2.45) is 4.99 Å².